The number of hydrogen-bond acceptors (Lipinski definition) is 2. The summed E-state index contributed by atoms with van der Waals surface area (Å²) in [5.41, 5.74) is 0. The first-order chi connectivity index (χ1) is 5.56. The number of ether oxygens (including phenoxy) is 1. The SMILES string of the molecule is CCC(CCC(=O)O)OC(F)F. The molecule has 0 saturated heterocycles. The average molecular weight is 182 g/mol. The number of rotatable bonds is 6. The van der Waals surface area contributed by atoms with Crippen LogP contribution in [0, 0.1) is 0 Å². The van der Waals surface area contributed by atoms with E-state index in [0.29, 0.717) is 6.42 Å². The van der Waals surface area contributed by atoms with Crippen molar-refractivity contribution in [1.29, 1.82) is 0 Å². The summed E-state index contributed by atoms with van der Waals surface area (Å²) >= 11 is 0. The molecule has 0 radical (unpaired) electrons. The standard InChI is InChI=1S/C7H12F2O3/c1-2-5(12-7(8)9)3-4-6(10)11/h5,7H,2-4H2,1H3,(H,10,11). The molecule has 0 aliphatic rings. The van der Waals surface area contributed by atoms with Gasteiger partial charge in [-0.3, -0.25) is 4.79 Å². The molecular formula is C7H12F2O3. The second-order valence-electron chi connectivity index (χ2n) is 2.36. The highest BCUT2D eigenvalue weighted by atomic mass is 19.3. The maximum Gasteiger partial charge on any atom is 0.345 e. The van der Waals surface area contributed by atoms with Gasteiger partial charge in [0.25, 0.3) is 0 Å². The van der Waals surface area contributed by atoms with Crippen molar-refractivity contribution in [3.05, 3.63) is 0 Å². The third kappa shape index (κ3) is 6.03. The van der Waals surface area contributed by atoms with Gasteiger partial charge in [-0.2, -0.15) is 8.78 Å². The molecule has 1 atom stereocenters. The summed E-state index contributed by atoms with van der Waals surface area (Å²) in [6, 6.07) is 0. The van der Waals surface area contributed by atoms with Gasteiger partial charge < -0.3 is 9.84 Å². The number of carboxylic acid groups (broad SMARTS) is 1. The van der Waals surface area contributed by atoms with Crippen molar-refractivity contribution in [3.8, 4) is 0 Å². The van der Waals surface area contributed by atoms with Gasteiger partial charge in [-0.1, -0.05) is 6.92 Å². The molecule has 5 heteroatoms. The van der Waals surface area contributed by atoms with E-state index in [0.717, 1.165) is 0 Å². The molecule has 0 fully saturated rings. The number of hydrogen-bond donors (Lipinski definition) is 1. The van der Waals surface area contributed by atoms with E-state index in [1.807, 2.05) is 0 Å². The molecule has 12 heavy (non-hydrogen) atoms. The van der Waals surface area contributed by atoms with E-state index in [1.54, 1.807) is 6.92 Å². The average Bonchev–Trinajstić information content (AvgIpc) is 1.97. The Labute approximate surface area is 69.3 Å². The zero-order valence-corrected chi connectivity index (χ0v) is 6.80. The predicted molar refractivity (Wildman–Crippen MR) is 38.0 cm³/mol. The van der Waals surface area contributed by atoms with Crippen LogP contribution in [0.5, 0.6) is 0 Å². The number of carboxylic acids is 1. The summed E-state index contributed by atoms with van der Waals surface area (Å²) in [6.45, 7) is -1.14. The smallest absolute Gasteiger partial charge is 0.345 e. The Morgan fingerprint density at radius 1 is 1.58 bits per heavy atom. The Bertz CT molecular complexity index is 139. The Kier molecular flexibility index (Phi) is 5.53. The molecule has 1 N–H and O–H groups in total. The second kappa shape index (κ2) is 5.88. The molecule has 3 nitrogen and oxygen atoms in total. The van der Waals surface area contributed by atoms with Crippen molar-refractivity contribution in [2.75, 3.05) is 0 Å². The minimum atomic E-state index is -2.82. The Balaban J connectivity index is 3.60. The molecule has 0 heterocycles. The van der Waals surface area contributed by atoms with Crippen LogP contribution in [0.1, 0.15) is 26.2 Å². The van der Waals surface area contributed by atoms with E-state index < -0.39 is 18.7 Å². The van der Waals surface area contributed by atoms with Gasteiger partial charge >= 0.3 is 12.6 Å². The highest BCUT2D eigenvalue weighted by Gasteiger charge is 2.13. The van der Waals surface area contributed by atoms with E-state index in [-0.39, 0.29) is 12.8 Å². The quantitative estimate of drug-likeness (QED) is 0.682. The topological polar surface area (TPSA) is 46.5 Å². The molecule has 0 spiro atoms. The van der Waals surface area contributed by atoms with Gasteiger partial charge in [-0.15, -0.1) is 0 Å². The lowest BCUT2D eigenvalue weighted by molar-refractivity contribution is -0.167. The molecule has 0 aromatic carbocycles. The molecule has 0 aliphatic carbocycles. The Hall–Kier alpha value is -0.710. The first kappa shape index (κ1) is 11.3. The number of aliphatic carboxylic acids is 1. The Morgan fingerprint density at radius 3 is 2.50 bits per heavy atom. The number of alkyl halides is 2. The van der Waals surface area contributed by atoms with Crippen molar-refractivity contribution in [2.45, 2.75) is 38.9 Å². The van der Waals surface area contributed by atoms with Crippen LogP contribution in [0.3, 0.4) is 0 Å². The highest BCUT2D eigenvalue weighted by molar-refractivity contribution is 5.66. The van der Waals surface area contributed by atoms with E-state index in [9.17, 15) is 13.6 Å². The van der Waals surface area contributed by atoms with Crippen molar-refractivity contribution in [2.24, 2.45) is 0 Å². The van der Waals surface area contributed by atoms with E-state index in [4.69, 9.17) is 5.11 Å². The lowest BCUT2D eigenvalue weighted by Crippen LogP contribution is -2.16. The summed E-state index contributed by atoms with van der Waals surface area (Å²) in [6.07, 6.45) is -0.250. The summed E-state index contributed by atoms with van der Waals surface area (Å²) in [4.78, 5) is 10.1. The lowest BCUT2D eigenvalue weighted by Gasteiger charge is -2.13. The monoisotopic (exact) mass is 182 g/mol. The second-order valence-corrected chi connectivity index (χ2v) is 2.36. The van der Waals surface area contributed by atoms with Gasteiger partial charge in [-0.05, 0) is 12.8 Å². The van der Waals surface area contributed by atoms with Crippen molar-refractivity contribution >= 4 is 5.97 Å². The largest absolute Gasteiger partial charge is 0.481 e. The molecule has 72 valence electrons. The summed E-state index contributed by atoms with van der Waals surface area (Å²) in [7, 11) is 0. The minimum Gasteiger partial charge on any atom is -0.481 e. The lowest BCUT2D eigenvalue weighted by atomic mass is 10.1. The Morgan fingerprint density at radius 2 is 2.17 bits per heavy atom. The fourth-order valence-electron chi connectivity index (χ4n) is 0.798. The molecule has 0 amide bonds. The maximum absolute atomic E-state index is 11.6. The normalized spacial score (nSPS) is 13.3. The molecule has 0 saturated carbocycles. The molecule has 0 rings (SSSR count). The van der Waals surface area contributed by atoms with Crippen molar-refractivity contribution in [3.63, 3.8) is 0 Å². The van der Waals surface area contributed by atoms with Crippen molar-refractivity contribution < 1.29 is 23.4 Å². The van der Waals surface area contributed by atoms with Crippen LogP contribution in [-0.2, 0) is 9.53 Å². The van der Waals surface area contributed by atoms with E-state index in [2.05, 4.69) is 4.74 Å². The molecular weight excluding hydrogens is 170 g/mol. The summed E-state index contributed by atoms with van der Waals surface area (Å²) in [5, 5.41) is 8.25. The van der Waals surface area contributed by atoms with Crippen LogP contribution in [0.15, 0.2) is 0 Å². The van der Waals surface area contributed by atoms with E-state index in [1.165, 1.54) is 0 Å². The third-order valence-corrected chi connectivity index (χ3v) is 1.43. The predicted octanol–water partition coefficient (Wildman–Crippen LogP) is 1.87. The van der Waals surface area contributed by atoms with Crippen LogP contribution < -0.4 is 0 Å². The summed E-state index contributed by atoms with van der Waals surface area (Å²) in [5.74, 6) is -0.994. The van der Waals surface area contributed by atoms with Crippen LogP contribution >= 0.6 is 0 Å². The van der Waals surface area contributed by atoms with Gasteiger partial charge in [-0.25, -0.2) is 0 Å². The fourth-order valence-corrected chi connectivity index (χ4v) is 0.798. The van der Waals surface area contributed by atoms with Gasteiger partial charge in [0, 0.05) is 6.42 Å². The number of halogens is 2. The molecule has 0 aliphatic heterocycles. The maximum atomic E-state index is 11.6. The number of carbonyl (C=O) groups is 1. The van der Waals surface area contributed by atoms with E-state index >= 15 is 0 Å². The first-order valence-corrected chi connectivity index (χ1v) is 3.71. The summed E-state index contributed by atoms with van der Waals surface area (Å²) < 4.78 is 27.4. The van der Waals surface area contributed by atoms with Gasteiger partial charge in [0.05, 0.1) is 6.10 Å². The molecule has 0 aromatic heterocycles. The van der Waals surface area contributed by atoms with Gasteiger partial charge in [0.1, 0.15) is 0 Å². The highest BCUT2D eigenvalue weighted by Crippen LogP contribution is 2.10. The van der Waals surface area contributed by atoms with Crippen LogP contribution in [0.2, 0.25) is 0 Å². The zero-order valence-electron chi connectivity index (χ0n) is 6.80. The molecule has 0 aromatic rings. The van der Waals surface area contributed by atoms with Crippen LogP contribution in [0.25, 0.3) is 0 Å². The van der Waals surface area contributed by atoms with Crippen molar-refractivity contribution in [1.82, 2.24) is 0 Å². The van der Waals surface area contributed by atoms with Gasteiger partial charge in [0.2, 0.25) is 0 Å². The molecule has 1 unspecified atom stereocenters. The minimum absolute atomic E-state index is 0.134. The van der Waals surface area contributed by atoms with Gasteiger partial charge in [0.15, 0.2) is 0 Å². The fraction of sp³-hybridized carbons (Fsp3) is 0.857. The first-order valence-electron chi connectivity index (χ1n) is 3.71. The third-order valence-electron chi connectivity index (χ3n) is 1.43. The van der Waals surface area contributed by atoms with Crippen LogP contribution in [-0.4, -0.2) is 23.8 Å². The van der Waals surface area contributed by atoms with Crippen LogP contribution in [0.4, 0.5) is 8.78 Å². The molecule has 0 bridgehead atoms. The zero-order chi connectivity index (χ0) is 9.56.